The van der Waals surface area contributed by atoms with Crippen LogP contribution >= 0.6 is 0 Å². The van der Waals surface area contributed by atoms with Crippen molar-refractivity contribution in [1.82, 2.24) is 0 Å². The number of aryl methyl sites for hydroxylation is 2. The maximum absolute atomic E-state index is 14.0. The number of benzene rings is 3. The number of nitrogens with zero attached hydrogens (tertiary/aromatic N) is 1. The minimum absolute atomic E-state index is 0.0816. The molecular weight excluding hydrogens is 474 g/mol. The molecule has 0 bridgehead atoms. The van der Waals surface area contributed by atoms with Crippen molar-refractivity contribution in [2.45, 2.75) is 44.0 Å². The van der Waals surface area contributed by atoms with Crippen molar-refractivity contribution < 1.29 is 22.7 Å². The van der Waals surface area contributed by atoms with Crippen molar-refractivity contribution in [3.05, 3.63) is 107 Å². The van der Waals surface area contributed by atoms with Gasteiger partial charge in [0.1, 0.15) is 0 Å². The maximum atomic E-state index is 14.0. The second kappa shape index (κ2) is 10.5. The zero-order valence-corrected chi connectivity index (χ0v) is 21.4. The highest BCUT2D eigenvalue weighted by molar-refractivity contribution is 7.93. The molecular formula is C29H29NO5S. The van der Waals surface area contributed by atoms with Crippen LogP contribution in [0.4, 0.5) is 5.69 Å². The third kappa shape index (κ3) is 5.11. The fraction of sp³-hybridized carbons (Fsp3) is 0.241. The molecule has 4 rings (SSSR count). The minimum Gasteiger partial charge on any atom is -0.463 e. The average Bonchev–Trinajstić information content (AvgIpc) is 3.16. The molecule has 0 fully saturated rings. The van der Waals surface area contributed by atoms with E-state index < -0.39 is 28.0 Å². The number of fused-ring (bicyclic) bond motifs is 1. The molecule has 1 heterocycles. The summed E-state index contributed by atoms with van der Waals surface area (Å²) in [6, 6.07) is 20.3. The van der Waals surface area contributed by atoms with Crippen LogP contribution in [0.3, 0.4) is 0 Å². The number of sulfonamides is 1. The van der Waals surface area contributed by atoms with E-state index in [1.54, 1.807) is 67.6 Å². The lowest BCUT2D eigenvalue weighted by Gasteiger charge is -2.27. The molecule has 186 valence electrons. The summed E-state index contributed by atoms with van der Waals surface area (Å²) < 4.78 is 34.3. The molecule has 0 amide bonds. The van der Waals surface area contributed by atoms with Gasteiger partial charge in [0.05, 0.1) is 23.2 Å². The van der Waals surface area contributed by atoms with E-state index in [-0.39, 0.29) is 23.7 Å². The van der Waals surface area contributed by atoms with Crippen LogP contribution in [0.1, 0.15) is 46.3 Å². The van der Waals surface area contributed by atoms with Crippen LogP contribution in [-0.4, -0.2) is 32.8 Å². The molecule has 1 aliphatic rings. The molecule has 3 aromatic carbocycles. The number of ether oxygens (including phenoxy) is 1. The van der Waals surface area contributed by atoms with E-state index in [1.807, 2.05) is 32.0 Å². The van der Waals surface area contributed by atoms with Crippen LogP contribution in [0.25, 0.3) is 0 Å². The molecule has 0 radical (unpaired) electrons. The Labute approximate surface area is 212 Å². The number of rotatable bonds is 8. The van der Waals surface area contributed by atoms with Crippen LogP contribution in [0.5, 0.6) is 0 Å². The lowest BCUT2D eigenvalue weighted by Crippen LogP contribution is -2.38. The van der Waals surface area contributed by atoms with Crippen molar-refractivity contribution in [2.75, 3.05) is 10.9 Å². The molecule has 6 nitrogen and oxygen atoms in total. The lowest BCUT2D eigenvalue weighted by molar-refractivity contribution is -0.137. The Morgan fingerprint density at radius 3 is 2.28 bits per heavy atom. The van der Waals surface area contributed by atoms with Gasteiger partial charge in [0.25, 0.3) is 10.0 Å². The number of ketones is 1. The van der Waals surface area contributed by atoms with Gasteiger partial charge in [-0.2, -0.15) is 0 Å². The van der Waals surface area contributed by atoms with Crippen molar-refractivity contribution in [3.63, 3.8) is 0 Å². The van der Waals surface area contributed by atoms with Gasteiger partial charge >= 0.3 is 5.97 Å². The quantitative estimate of drug-likeness (QED) is 0.235. The molecule has 0 saturated carbocycles. The first kappa shape index (κ1) is 25.4. The molecule has 7 heteroatoms. The van der Waals surface area contributed by atoms with E-state index in [4.69, 9.17) is 4.74 Å². The Morgan fingerprint density at radius 2 is 1.61 bits per heavy atom. The number of hydrogen-bond donors (Lipinski definition) is 0. The third-order valence-corrected chi connectivity index (χ3v) is 8.12. The van der Waals surface area contributed by atoms with Gasteiger partial charge in [-0.15, -0.1) is 0 Å². The van der Waals surface area contributed by atoms with E-state index in [9.17, 15) is 18.0 Å². The molecule has 3 aromatic rings. The van der Waals surface area contributed by atoms with Gasteiger partial charge in [-0.3, -0.25) is 9.10 Å². The zero-order valence-electron chi connectivity index (χ0n) is 20.5. The first-order valence-electron chi connectivity index (χ1n) is 11.9. The van der Waals surface area contributed by atoms with Gasteiger partial charge in [0.15, 0.2) is 5.78 Å². The topological polar surface area (TPSA) is 80.8 Å². The number of anilines is 1. The fourth-order valence-electron chi connectivity index (χ4n) is 4.55. The predicted octanol–water partition coefficient (Wildman–Crippen LogP) is 5.36. The first-order chi connectivity index (χ1) is 17.2. The number of esters is 1. The van der Waals surface area contributed by atoms with E-state index in [0.717, 1.165) is 16.7 Å². The number of carbonyl (C=O) groups is 2. The summed E-state index contributed by atoms with van der Waals surface area (Å²) in [4.78, 5) is 25.6. The SMILES string of the molecule is CCOC(=O)/C=C/[C@H]1[C@H](CC(=O)c2ccccc2)c2cc(C)ccc2N1S(=O)(=O)c1ccc(C)cc1. The number of carbonyl (C=O) groups excluding carboxylic acids is 2. The van der Waals surface area contributed by atoms with Gasteiger partial charge in [0.2, 0.25) is 0 Å². The number of Topliss-reactive ketones (excluding diaryl/α,β-unsaturated/α-hetero) is 1. The highest BCUT2D eigenvalue weighted by atomic mass is 32.2. The normalized spacial score (nSPS) is 17.2. The monoisotopic (exact) mass is 503 g/mol. The average molecular weight is 504 g/mol. The van der Waals surface area contributed by atoms with E-state index >= 15 is 0 Å². The lowest BCUT2D eigenvalue weighted by atomic mass is 9.87. The predicted molar refractivity (Wildman–Crippen MR) is 140 cm³/mol. The molecule has 36 heavy (non-hydrogen) atoms. The highest BCUT2D eigenvalue weighted by Crippen LogP contribution is 2.47. The minimum atomic E-state index is -4.01. The summed E-state index contributed by atoms with van der Waals surface area (Å²) in [6.07, 6.45) is 2.88. The summed E-state index contributed by atoms with van der Waals surface area (Å²) in [5, 5.41) is 0. The van der Waals surface area contributed by atoms with Gasteiger partial charge in [-0.25, -0.2) is 13.2 Å². The maximum Gasteiger partial charge on any atom is 0.330 e. The smallest absolute Gasteiger partial charge is 0.330 e. The van der Waals surface area contributed by atoms with Crippen molar-refractivity contribution >= 4 is 27.5 Å². The van der Waals surface area contributed by atoms with E-state index in [2.05, 4.69) is 0 Å². The Kier molecular flexibility index (Phi) is 7.40. The van der Waals surface area contributed by atoms with Crippen LogP contribution in [0.2, 0.25) is 0 Å². The highest BCUT2D eigenvalue weighted by Gasteiger charge is 2.44. The van der Waals surface area contributed by atoms with Crippen molar-refractivity contribution in [1.29, 1.82) is 0 Å². The summed E-state index contributed by atoms with van der Waals surface area (Å²) in [6.45, 7) is 5.72. The Hall–Kier alpha value is -3.71. The van der Waals surface area contributed by atoms with Crippen molar-refractivity contribution in [3.8, 4) is 0 Å². The molecule has 0 saturated heterocycles. The van der Waals surface area contributed by atoms with Crippen LogP contribution in [-0.2, 0) is 19.6 Å². The summed E-state index contributed by atoms with van der Waals surface area (Å²) in [7, 11) is -4.01. The van der Waals surface area contributed by atoms with Gasteiger partial charge in [-0.05, 0) is 44.5 Å². The molecule has 2 atom stereocenters. The molecule has 1 aliphatic heterocycles. The fourth-order valence-corrected chi connectivity index (χ4v) is 6.22. The summed E-state index contributed by atoms with van der Waals surface area (Å²) >= 11 is 0. The first-order valence-corrected chi connectivity index (χ1v) is 13.3. The third-order valence-electron chi connectivity index (χ3n) is 6.30. The number of hydrogen-bond acceptors (Lipinski definition) is 5. The molecule has 0 N–H and O–H groups in total. The van der Waals surface area contributed by atoms with E-state index in [1.165, 1.54) is 10.4 Å². The Morgan fingerprint density at radius 1 is 0.944 bits per heavy atom. The van der Waals surface area contributed by atoms with Crippen LogP contribution < -0.4 is 4.31 Å². The Balaban J connectivity index is 1.84. The molecule has 0 unspecified atom stereocenters. The summed E-state index contributed by atoms with van der Waals surface area (Å²) in [5.74, 6) is -1.15. The summed E-state index contributed by atoms with van der Waals surface area (Å²) in [5.41, 5.74) is 3.71. The largest absolute Gasteiger partial charge is 0.463 e. The van der Waals surface area contributed by atoms with E-state index in [0.29, 0.717) is 11.3 Å². The molecule has 0 aliphatic carbocycles. The second-order valence-corrected chi connectivity index (χ2v) is 10.7. The molecule has 0 spiro atoms. The van der Waals surface area contributed by atoms with Crippen LogP contribution in [0, 0.1) is 13.8 Å². The van der Waals surface area contributed by atoms with Gasteiger partial charge < -0.3 is 4.74 Å². The zero-order chi connectivity index (χ0) is 25.9. The van der Waals surface area contributed by atoms with Crippen LogP contribution in [0.15, 0.2) is 89.8 Å². The van der Waals surface area contributed by atoms with Gasteiger partial charge in [-0.1, -0.05) is 71.8 Å². The Bertz CT molecular complexity index is 1400. The van der Waals surface area contributed by atoms with Gasteiger partial charge in [0, 0.05) is 24.0 Å². The standard InChI is InChI=1S/C29H29NO5S/c1-4-35-29(32)17-16-27-25(19-28(31)22-8-6-5-7-9-22)24-18-21(3)12-15-26(24)30(27)36(33,34)23-13-10-20(2)11-14-23/h5-18,25,27H,4,19H2,1-3H3/b17-16+/t25-,27+/m1/s1. The van der Waals surface area contributed by atoms with Crippen molar-refractivity contribution in [2.24, 2.45) is 0 Å². The second-order valence-electron chi connectivity index (χ2n) is 8.88. The molecule has 0 aromatic heterocycles.